The summed E-state index contributed by atoms with van der Waals surface area (Å²) >= 11 is 4.66. The summed E-state index contributed by atoms with van der Waals surface area (Å²) in [5, 5.41) is 2.90. The molecule has 1 aromatic carbocycles. The highest BCUT2D eigenvalue weighted by molar-refractivity contribution is 9.11. The van der Waals surface area contributed by atoms with Crippen LogP contribution in [0.25, 0.3) is 0 Å². The predicted octanol–water partition coefficient (Wildman–Crippen LogP) is 1.71. The number of anilines is 2. The van der Waals surface area contributed by atoms with Crippen molar-refractivity contribution >= 4 is 60.7 Å². The summed E-state index contributed by atoms with van der Waals surface area (Å²) < 4.78 is 34.2. The number of carbonyl (C=O) groups excluding carboxylic acids is 2. The number of hydrogen-bond acceptors (Lipinski definition) is 6. The van der Waals surface area contributed by atoms with E-state index in [9.17, 15) is 18.0 Å². The zero-order valence-corrected chi connectivity index (χ0v) is 19.1. The summed E-state index contributed by atoms with van der Waals surface area (Å²) in [5.74, 6) is 0.00596. The summed E-state index contributed by atoms with van der Waals surface area (Å²) in [6, 6.07) is 8.16. The van der Waals surface area contributed by atoms with Gasteiger partial charge in [-0.2, -0.15) is 13.1 Å². The molecule has 2 amide bonds. The van der Waals surface area contributed by atoms with E-state index in [-0.39, 0.29) is 24.3 Å². The first kappa shape index (κ1) is 21.1. The van der Waals surface area contributed by atoms with E-state index in [0.717, 1.165) is 3.79 Å². The molecule has 2 aliphatic heterocycles. The molecular formula is C18H19BrN4O5S2. The average molecular weight is 515 g/mol. The molecule has 3 heterocycles. The van der Waals surface area contributed by atoms with Crippen molar-refractivity contribution in [2.75, 3.05) is 35.9 Å². The van der Waals surface area contributed by atoms with Gasteiger partial charge in [-0.15, -0.1) is 11.3 Å². The molecule has 1 unspecified atom stereocenters. The molecule has 4 rings (SSSR count). The monoisotopic (exact) mass is 514 g/mol. The smallest absolute Gasteiger partial charge is 0.301 e. The van der Waals surface area contributed by atoms with E-state index in [0.29, 0.717) is 41.6 Å². The van der Waals surface area contributed by atoms with Crippen LogP contribution in [0, 0.1) is 0 Å². The van der Waals surface area contributed by atoms with Gasteiger partial charge in [-0.3, -0.25) is 13.9 Å². The highest BCUT2D eigenvalue weighted by atomic mass is 79.9. The van der Waals surface area contributed by atoms with E-state index in [1.807, 2.05) is 0 Å². The Labute approximate surface area is 186 Å². The Hall–Kier alpha value is -2.15. The molecule has 0 bridgehead atoms. The van der Waals surface area contributed by atoms with Gasteiger partial charge in [-0.25, -0.2) is 0 Å². The molecule has 1 atom stereocenters. The second-order valence-electron chi connectivity index (χ2n) is 6.81. The molecule has 30 heavy (non-hydrogen) atoms. The minimum absolute atomic E-state index is 0.127. The van der Waals surface area contributed by atoms with Crippen LogP contribution in [-0.4, -0.2) is 53.0 Å². The summed E-state index contributed by atoms with van der Waals surface area (Å²) in [6.45, 7) is 0.941. The number of amides is 2. The number of nitrogens with one attached hydrogen (secondary N) is 2. The third kappa shape index (κ3) is 4.04. The Morgan fingerprint density at radius 1 is 1.33 bits per heavy atom. The first-order valence-corrected chi connectivity index (χ1v) is 12.2. The number of methoxy groups -OCH3 is 1. The predicted molar refractivity (Wildman–Crippen MR) is 118 cm³/mol. The lowest BCUT2D eigenvalue weighted by atomic mass is 10.2. The van der Waals surface area contributed by atoms with Crippen molar-refractivity contribution < 1.29 is 22.7 Å². The van der Waals surface area contributed by atoms with Crippen LogP contribution in [0.1, 0.15) is 16.1 Å². The average Bonchev–Trinajstić information content (AvgIpc) is 3.39. The molecule has 0 radical (unpaired) electrons. The number of ether oxygens (including phenoxy) is 1. The summed E-state index contributed by atoms with van der Waals surface area (Å²) in [6.07, 6.45) is 0.187. The van der Waals surface area contributed by atoms with Crippen molar-refractivity contribution in [3.05, 3.63) is 39.0 Å². The Morgan fingerprint density at radius 2 is 2.13 bits per heavy atom. The third-order valence-electron chi connectivity index (χ3n) is 4.89. The maximum atomic E-state index is 12.6. The van der Waals surface area contributed by atoms with Gasteiger partial charge in [0.2, 0.25) is 5.91 Å². The van der Waals surface area contributed by atoms with Crippen LogP contribution >= 0.6 is 27.3 Å². The van der Waals surface area contributed by atoms with Gasteiger partial charge in [0.1, 0.15) is 5.75 Å². The first-order valence-electron chi connectivity index (χ1n) is 9.10. The number of thiophene rings is 1. The van der Waals surface area contributed by atoms with Gasteiger partial charge in [0.15, 0.2) is 0 Å². The number of halogens is 1. The molecule has 2 fully saturated rings. The summed E-state index contributed by atoms with van der Waals surface area (Å²) in [4.78, 5) is 27.1. The van der Waals surface area contributed by atoms with Crippen molar-refractivity contribution in [1.82, 2.24) is 10.0 Å². The van der Waals surface area contributed by atoms with E-state index < -0.39 is 10.2 Å². The van der Waals surface area contributed by atoms with Crippen molar-refractivity contribution in [3.63, 3.8) is 0 Å². The van der Waals surface area contributed by atoms with Crippen molar-refractivity contribution in [3.8, 4) is 5.75 Å². The molecule has 0 aliphatic carbocycles. The zero-order chi connectivity index (χ0) is 21.5. The molecule has 2 aromatic rings. The largest absolute Gasteiger partial charge is 0.494 e. The molecule has 2 saturated heterocycles. The van der Waals surface area contributed by atoms with Crippen LogP contribution in [0.2, 0.25) is 0 Å². The maximum absolute atomic E-state index is 12.6. The van der Waals surface area contributed by atoms with Gasteiger partial charge in [-0.05, 0) is 40.2 Å². The third-order valence-corrected chi connectivity index (χ3v) is 8.04. The fourth-order valence-corrected chi connectivity index (χ4v) is 6.05. The minimum atomic E-state index is -3.59. The van der Waals surface area contributed by atoms with E-state index in [4.69, 9.17) is 4.74 Å². The zero-order valence-electron chi connectivity index (χ0n) is 15.9. The number of nitrogens with zero attached hydrogens (tertiary/aromatic N) is 2. The number of hydrogen-bond donors (Lipinski definition) is 2. The second kappa shape index (κ2) is 8.17. The SMILES string of the molecule is COc1cc(N2CC(NC(=O)c3ccc(Br)s3)CC2=O)ccc1N1CCNS1(=O)=O. The van der Waals surface area contributed by atoms with Gasteiger partial charge >= 0.3 is 10.2 Å². The van der Waals surface area contributed by atoms with Crippen molar-refractivity contribution in [2.24, 2.45) is 0 Å². The number of carbonyl (C=O) groups is 2. The summed E-state index contributed by atoms with van der Waals surface area (Å²) in [5.41, 5.74) is 0.992. The highest BCUT2D eigenvalue weighted by Crippen LogP contribution is 2.36. The highest BCUT2D eigenvalue weighted by Gasteiger charge is 2.34. The van der Waals surface area contributed by atoms with Crippen LogP contribution in [0.4, 0.5) is 11.4 Å². The van der Waals surface area contributed by atoms with E-state index in [1.165, 1.54) is 22.8 Å². The lowest BCUT2D eigenvalue weighted by Gasteiger charge is -2.22. The van der Waals surface area contributed by atoms with Gasteiger partial charge in [0.05, 0.1) is 27.5 Å². The van der Waals surface area contributed by atoms with Crippen LogP contribution in [0.3, 0.4) is 0 Å². The standard InChI is InChI=1S/C18H19BrN4O5S2/c1-28-14-9-12(2-3-13(14)23-7-6-20-30(23,26)27)22-10-11(8-17(22)24)21-18(25)15-4-5-16(19)29-15/h2-5,9,11,20H,6-8,10H2,1H3,(H,21,25). The lowest BCUT2D eigenvalue weighted by molar-refractivity contribution is -0.117. The molecule has 0 spiro atoms. The Kier molecular flexibility index (Phi) is 5.75. The Bertz CT molecular complexity index is 1100. The summed E-state index contributed by atoms with van der Waals surface area (Å²) in [7, 11) is -2.14. The van der Waals surface area contributed by atoms with Gasteiger partial charge < -0.3 is 15.0 Å². The molecule has 160 valence electrons. The van der Waals surface area contributed by atoms with E-state index >= 15 is 0 Å². The maximum Gasteiger partial charge on any atom is 0.301 e. The molecule has 0 saturated carbocycles. The normalized spacial score (nSPS) is 20.6. The van der Waals surface area contributed by atoms with E-state index in [1.54, 1.807) is 35.2 Å². The first-order chi connectivity index (χ1) is 14.3. The van der Waals surface area contributed by atoms with Gasteiger partial charge in [0, 0.05) is 37.8 Å². The van der Waals surface area contributed by atoms with Crippen LogP contribution < -0.4 is 24.0 Å². The lowest BCUT2D eigenvalue weighted by Crippen LogP contribution is -2.36. The van der Waals surface area contributed by atoms with Crippen molar-refractivity contribution in [2.45, 2.75) is 12.5 Å². The van der Waals surface area contributed by atoms with Crippen molar-refractivity contribution in [1.29, 1.82) is 0 Å². The molecule has 9 nitrogen and oxygen atoms in total. The Morgan fingerprint density at radius 3 is 2.77 bits per heavy atom. The molecule has 1 aromatic heterocycles. The number of rotatable bonds is 5. The topological polar surface area (TPSA) is 108 Å². The molecular weight excluding hydrogens is 496 g/mol. The number of benzene rings is 1. The van der Waals surface area contributed by atoms with Gasteiger partial charge in [0.25, 0.3) is 5.91 Å². The van der Waals surface area contributed by atoms with E-state index in [2.05, 4.69) is 26.0 Å². The second-order valence-corrected chi connectivity index (χ2v) is 11.0. The fraction of sp³-hybridized carbons (Fsp3) is 0.333. The quantitative estimate of drug-likeness (QED) is 0.631. The molecule has 2 aliphatic rings. The molecule has 12 heteroatoms. The van der Waals surface area contributed by atoms with Crippen LogP contribution in [-0.2, 0) is 15.0 Å². The van der Waals surface area contributed by atoms with Crippen LogP contribution in [0.15, 0.2) is 34.1 Å². The molecule has 2 N–H and O–H groups in total. The minimum Gasteiger partial charge on any atom is -0.494 e. The fourth-order valence-electron chi connectivity index (χ4n) is 3.51. The van der Waals surface area contributed by atoms with Gasteiger partial charge in [-0.1, -0.05) is 0 Å². The van der Waals surface area contributed by atoms with Crippen LogP contribution in [0.5, 0.6) is 5.75 Å². The Balaban J connectivity index is 1.51.